The van der Waals surface area contributed by atoms with E-state index in [0.717, 1.165) is 18.4 Å². The Labute approximate surface area is 147 Å². The number of carbonyl (C=O) groups excluding carboxylic acids is 3. The van der Waals surface area contributed by atoms with E-state index in [1.165, 1.54) is 0 Å². The largest absolute Gasteiger partial charge is 0.351 e. The van der Waals surface area contributed by atoms with Crippen LogP contribution >= 0.6 is 0 Å². The minimum atomic E-state index is -0.801. The SMILES string of the molecule is CN(C)C(=O)CCC/C=C\c1cccc(C(=O)NCCC(=O)OO)c1. The van der Waals surface area contributed by atoms with Crippen molar-refractivity contribution in [3.05, 3.63) is 41.5 Å². The molecule has 0 aliphatic rings. The van der Waals surface area contributed by atoms with E-state index in [0.29, 0.717) is 12.0 Å². The van der Waals surface area contributed by atoms with Crippen molar-refractivity contribution in [3.8, 4) is 0 Å². The minimum absolute atomic E-state index is 0.0815. The summed E-state index contributed by atoms with van der Waals surface area (Å²) in [5, 5.41) is 10.7. The zero-order valence-corrected chi connectivity index (χ0v) is 14.5. The standard InChI is InChI=1S/C18H24N2O5/c1-20(2)16(21)10-5-3-4-7-14-8-6-9-15(13-14)18(23)19-12-11-17(22)25-24/h4,6-9,13,24H,3,5,10-12H2,1-2H3,(H,19,23)/b7-4-. The first kappa shape index (κ1) is 20.4. The minimum Gasteiger partial charge on any atom is -0.351 e. The zero-order valence-electron chi connectivity index (χ0n) is 14.5. The van der Waals surface area contributed by atoms with Crippen molar-refractivity contribution in [2.45, 2.75) is 25.7 Å². The highest BCUT2D eigenvalue weighted by molar-refractivity contribution is 5.94. The van der Waals surface area contributed by atoms with Crippen molar-refractivity contribution in [3.63, 3.8) is 0 Å². The maximum Gasteiger partial charge on any atom is 0.343 e. The Morgan fingerprint density at radius 1 is 1.24 bits per heavy atom. The average molecular weight is 348 g/mol. The van der Waals surface area contributed by atoms with E-state index in [2.05, 4.69) is 10.2 Å². The van der Waals surface area contributed by atoms with Gasteiger partial charge in [-0.25, -0.2) is 4.79 Å². The van der Waals surface area contributed by atoms with Crippen molar-refractivity contribution in [1.82, 2.24) is 10.2 Å². The van der Waals surface area contributed by atoms with Gasteiger partial charge in [0.05, 0.1) is 6.42 Å². The lowest BCUT2D eigenvalue weighted by molar-refractivity contribution is -0.234. The molecule has 0 heterocycles. The number of nitrogens with zero attached hydrogens (tertiary/aromatic N) is 1. The average Bonchev–Trinajstić information content (AvgIpc) is 2.61. The highest BCUT2D eigenvalue weighted by atomic mass is 17.1. The summed E-state index contributed by atoms with van der Waals surface area (Å²) in [5.41, 5.74) is 1.35. The first-order valence-corrected chi connectivity index (χ1v) is 8.03. The van der Waals surface area contributed by atoms with E-state index in [1.807, 2.05) is 18.2 Å². The third-order valence-corrected chi connectivity index (χ3v) is 3.44. The van der Waals surface area contributed by atoms with Gasteiger partial charge in [-0.05, 0) is 30.5 Å². The second kappa shape index (κ2) is 11.0. The molecule has 7 nitrogen and oxygen atoms in total. The van der Waals surface area contributed by atoms with Crippen LogP contribution in [-0.4, -0.2) is 48.6 Å². The van der Waals surface area contributed by atoms with Crippen LogP contribution in [0.2, 0.25) is 0 Å². The van der Waals surface area contributed by atoms with Crippen molar-refractivity contribution >= 4 is 23.9 Å². The van der Waals surface area contributed by atoms with Gasteiger partial charge in [0.15, 0.2) is 0 Å². The first-order valence-electron chi connectivity index (χ1n) is 8.03. The molecule has 0 unspecified atom stereocenters. The van der Waals surface area contributed by atoms with Gasteiger partial charge in [-0.3, -0.25) is 9.59 Å². The van der Waals surface area contributed by atoms with Crippen LogP contribution in [0.3, 0.4) is 0 Å². The molecule has 0 spiro atoms. The number of carbonyl (C=O) groups is 3. The molecule has 0 aliphatic heterocycles. The molecule has 0 bridgehead atoms. The van der Waals surface area contributed by atoms with Crippen molar-refractivity contribution in [2.75, 3.05) is 20.6 Å². The molecule has 0 saturated heterocycles. The summed E-state index contributed by atoms with van der Waals surface area (Å²) in [4.78, 5) is 39.3. The third kappa shape index (κ3) is 8.12. The fraction of sp³-hybridized carbons (Fsp3) is 0.389. The van der Waals surface area contributed by atoms with E-state index in [4.69, 9.17) is 5.26 Å². The van der Waals surface area contributed by atoms with E-state index in [1.54, 1.807) is 37.2 Å². The Balaban J connectivity index is 2.45. The summed E-state index contributed by atoms with van der Waals surface area (Å²) in [6.45, 7) is 0.0815. The molecule has 0 radical (unpaired) electrons. The number of amides is 2. The van der Waals surface area contributed by atoms with Gasteiger partial charge in [-0.15, -0.1) is 0 Å². The van der Waals surface area contributed by atoms with Crippen LogP contribution in [0.5, 0.6) is 0 Å². The first-order chi connectivity index (χ1) is 11.9. The maximum absolute atomic E-state index is 12.0. The van der Waals surface area contributed by atoms with E-state index < -0.39 is 5.97 Å². The van der Waals surface area contributed by atoms with E-state index in [-0.39, 0.29) is 24.8 Å². The van der Waals surface area contributed by atoms with Crippen molar-refractivity contribution < 1.29 is 24.5 Å². The summed E-state index contributed by atoms with van der Waals surface area (Å²) < 4.78 is 0. The molecule has 2 amide bonds. The van der Waals surface area contributed by atoms with Crippen LogP contribution in [0.25, 0.3) is 6.08 Å². The van der Waals surface area contributed by atoms with Crippen LogP contribution in [0, 0.1) is 0 Å². The number of benzene rings is 1. The molecule has 1 aromatic rings. The molecule has 0 atom stereocenters. The van der Waals surface area contributed by atoms with Gasteiger partial charge in [0, 0.05) is 32.6 Å². The van der Waals surface area contributed by atoms with Crippen LogP contribution in [-0.2, 0) is 14.5 Å². The Morgan fingerprint density at radius 2 is 2.00 bits per heavy atom. The molecule has 2 N–H and O–H groups in total. The third-order valence-electron chi connectivity index (χ3n) is 3.44. The Bertz CT molecular complexity index is 626. The topological polar surface area (TPSA) is 95.9 Å². The lowest BCUT2D eigenvalue weighted by Gasteiger charge is -2.08. The molecule has 136 valence electrons. The van der Waals surface area contributed by atoms with Gasteiger partial charge in [-0.1, -0.05) is 24.3 Å². The van der Waals surface area contributed by atoms with E-state index in [9.17, 15) is 14.4 Å². The summed E-state index contributed by atoms with van der Waals surface area (Å²) in [5.74, 6) is -1.00. The van der Waals surface area contributed by atoms with Gasteiger partial charge in [0.2, 0.25) is 5.91 Å². The predicted molar refractivity (Wildman–Crippen MR) is 93.7 cm³/mol. The number of rotatable bonds is 9. The monoisotopic (exact) mass is 348 g/mol. The fourth-order valence-electron chi connectivity index (χ4n) is 2.02. The highest BCUT2D eigenvalue weighted by Crippen LogP contribution is 2.09. The van der Waals surface area contributed by atoms with Crippen LogP contribution in [0.1, 0.15) is 41.6 Å². The predicted octanol–water partition coefficient (Wildman–Crippen LogP) is 2.09. The van der Waals surface area contributed by atoms with Gasteiger partial charge < -0.3 is 15.1 Å². The molecular formula is C18H24N2O5. The smallest absolute Gasteiger partial charge is 0.343 e. The highest BCUT2D eigenvalue weighted by Gasteiger charge is 2.07. The summed E-state index contributed by atoms with van der Waals surface area (Å²) in [6, 6.07) is 7.06. The molecule has 0 fully saturated rings. The Hall–Kier alpha value is -2.67. The number of nitrogens with one attached hydrogen (secondary N) is 1. The maximum atomic E-state index is 12.0. The van der Waals surface area contributed by atoms with Gasteiger partial charge in [0.1, 0.15) is 0 Å². The summed E-state index contributed by atoms with van der Waals surface area (Å²) >= 11 is 0. The number of unbranched alkanes of at least 4 members (excludes halogenated alkanes) is 1. The lowest BCUT2D eigenvalue weighted by Crippen LogP contribution is -2.26. The molecule has 0 aromatic heterocycles. The quantitative estimate of drug-likeness (QED) is 0.405. The summed E-state index contributed by atoms with van der Waals surface area (Å²) in [7, 11) is 3.48. The van der Waals surface area contributed by atoms with Gasteiger partial charge in [-0.2, -0.15) is 5.26 Å². The number of allylic oxidation sites excluding steroid dienone is 1. The molecule has 7 heteroatoms. The fourth-order valence-corrected chi connectivity index (χ4v) is 2.02. The molecule has 0 saturated carbocycles. The molecule has 1 aromatic carbocycles. The number of hydrogen-bond donors (Lipinski definition) is 2. The van der Waals surface area contributed by atoms with Crippen LogP contribution in [0.15, 0.2) is 30.3 Å². The van der Waals surface area contributed by atoms with E-state index >= 15 is 0 Å². The van der Waals surface area contributed by atoms with Crippen molar-refractivity contribution in [1.29, 1.82) is 0 Å². The van der Waals surface area contributed by atoms with Crippen molar-refractivity contribution in [2.24, 2.45) is 0 Å². The van der Waals surface area contributed by atoms with Crippen LogP contribution < -0.4 is 5.32 Å². The molecule has 0 aliphatic carbocycles. The Morgan fingerprint density at radius 3 is 2.68 bits per heavy atom. The van der Waals surface area contributed by atoms with Gasteiger partial charge in [0.25, 0.3) is 5.91 Å². The zero-order chi connectivity index (χ0) is 18.7. The molecule has 1 rings (SSSR count). The summed E-state index contributed by atoms with van der Waals surface area (Å²) in [6.07, 6.45) is 5.83. The Kier molecular flexibility index (Phi) is 8.95. The molecule has 25 heavy (non-hydrogen) atoms. The van der Waals surface area contributed by atoms with Gasteiger partial charge >= 0.3 is 5.97 Å². The lowest BCUT2D eigenvalue weighted by atomic mass is 10.1. The second-order valence-corrected chi connectivity index (χ2v) is 5.68. The second-order valence-electron chi connectivity index (χ2n) is 5.68. The normalized spacial score (nSPS) is 10.5. The molecular weight excluding hydrogens is 324 g/mol. The number of hydrogen-bond acceptors (Lipinski definition) is 5. The van der Waals surface area contributed by atoms with Crippen LogP contribution in [0.4, 0.5) is 0 Å².